The van der Waals surface area contributed by atoms with Crippen molar-refractivity contribution in [3.8, 4) is 11.8 Å². The molecule has 0 saturated heterocycles. The third-order valence-electron chi connectivity index (χ3n) is 2.36. The summed E-state index contributed by atoms with van der Waals surface area (Å²) in [5, 5.41) is 17.5. The van der Waals surface area contributed by atoms with Crippen molar-refractivity contribution in [2.24, 2.45) is 0 Å². The number of aliphatic hydroxyl groups is 1. The molecule has 20 heavy (non-hydrogen) atoms. The quantitative estimate of drug-likeness (QED) is 0.807. The second kappa shape index (κ2) is 6.44. The van der Waals surface area contributed by atoms with E-state index in [2.05, 4.69) is 9.97 Å². The molecule has 6 heteroatoms. The van der Waals surface area contributed by atoms with Crippen LogP contribution in [0.4, 0.5) is 0 Å². The van der Waals surface area contributed by atoms with Crippen molar-refractivity contribution < 1.29 is 19.7 Å². The zero-order valence-corrected chi connectivity index (χ0v) is 10.4. The van der Waals surface area contributed by atoms with E-state index in [4.69, 9.17) is 14.9 Å². The number of benzene rings is 1. The predicted octanol–water partition coefficient (Wildman–Crippen LogP) is 1.86. The highest BCUT2D eigenvalue weighted by Gasteiger charge is 2.01. The molecule has 0 aliphatic carbocycles. The number of hydrogen-bond donors (Lipinski definition) is 2. The molecule has 1 aromatic heterocycles. The van der Waals surface area contributed by atoms with Crippen molar-refractivity contribution in [1.29, 1.82) is 0 Å². The van der Waals surface area contributed by atoms with Crippen molar-refractivity contribution in [3.63, 3.8) is 0 Å². The molecule has 1 heterocycles. The maximum absolute atomic E-state index is 10.4. The molecule has 0 aliphatic rings. The Hall–Kier alpha value is -2.73. The molecule has 2 rings (SSSR count). The molecule has 1 aromatic carbocycles. The Morgan fingerprint density at radius 3 is 2.70 bits per heavy atom. The number of rotatable bonds is 5. The van der Waals surface area contributed by atoms with E-state index in [1.165, 1.54) is 18.5 Å². The van der Waals surface area contributed by atoms with Crippen molar-refractivity contribution in [2.75, 3.05) is 0 Å². The molecular weight excluding hydrogens is 260 g/mol. The summed E-state index contributed by atoms with van der Waals surface area (Å²) in [5.74, 6) is -0.517. The molecule has 0 unspecified atom stereocenters. The fraction of sp³-hybridized carbons (Fsp3) is 0.0714. The summed E-state index contributed by atoms with van der Waals surface area (Å²) >= 11 is 0. The number of aliphatic hydroxyl groups excluding tert-OH is 1. The molecular formula is C14H12N2O4. The third-order valence-corrected chi connectivity index (χ3v) is 2.36. The highest BCUT2D eigenvalue weighted by molar-refractivity contribution is 5.85. The standard InChI is InChI=1S/C14H12N2O4/c17-9-10-2-1-3-12(6-10)20-14-15-7-11(8-16-14)4-5-13(18)19/h1-8,17H,9H2,(H,18,19)/b5-4+. The van der Waals surface area contributed by atoms with Crippen LogP contribution in [-0.4, -0.2) is 26.2 Å². The molecule has 6 nitrogen and oxygen atoms in total. The second-order valence-corrected chi connectivity index (χ2v) is 3.88. The van der Waals surface area contributed by atoms with Gasteiger partial charge < -0.3 is 14.9 Å². The number of carboxylic acids is 1. The summed E-state index contributed by atoms with van der Waals surface area (Å²) in [5.41, 5.74) is 1.28. The maximum atomic E-state index is 10.4. The van der Waals surface area contributed by atoms with Crippen LogP contribution in [0.2, 0.25) is 0 Å². The average Bonchev–Trinajstić information content (AvgIpc) is 2.47. The van der Waals surface area contributed by atoms with Gasteiger partial charge in [-0.3, -0.25) is 0 Å². The molecule has 0 radical (unpaired) electrons. The molecule has 0 spiro atoms. The molecule has 0 amide bonds. The summed E-state index contributed by atoms with van der Waals surface area (Å²) in [7, 11) is 0. The summed E-state index contributed by atoms with van der Waals surface area (Å²) in [6.45, 7) is -0.0724. The number of carboxylic acid groups (broad SMARTS) is 1. The summed E-state index contributed by atoms with van der Waals surface area (Å²) in [6, 6.07) is 7.08. The molecule has 0 fully saturated rings. The van der Waals surface area contributed by atoms with E-state index in [9.17, 15) is 4.79 Å². The minimum Gasteiger partial charge on any atom is -0.478 e. The van der Waals surface area contributed by atoms with Crippen LogP contribution in [0, 0.1) is 0 Å². The maximum Gasteiger partial charge on any atom is 0.328 e. The first-order valence-electron chi connectivity index (χ1n) is 5.78. The van der Waals surface area contributed by atoms with Crippen molar-refractivity contribution in [3.05, 3.63) is 53.9 Å². The van der Waals surface area contributed by atoms with Gasteiger partial charge in [-0.05, 0) is 23.8 Å². The minimum absolute atomic E-state index is 0.0724. The van der Waals surface area contributed by atoms with Gasteiger partial charge in [0.05, 0.1) is 6.61 Å². The normalized spacial score (nSPS) is 10.7. The van der Waals surface area contributed by atoms with Gasteiger partial charge in [0.15, 0.2) is 0 Å². The molecule has 0 saturated carbocycles. The molecule has 2 N–H and O–H groups in total. The van der Waals surface area contributed by atoms with E-state index < -0.39 is 5.97 Å². The Morgan fingerprint density at radius 2 is 2.05 bits per heavy atom. The molecule has 0 atom stereocenters. The van der Waals surface area contributed by atoms with Crippen LogP contribution in [0.25, 0.3) is 6.08 Å². The molecule has 102 valence electrons. The average molecular weight is 272 g/mol. The predicted molar refractivity (Wildman–Crippen MR) is 71.1 cm³/mol. The summed E-state index contributed by atoms with van der Waals surface area (Å²) in [4.78, 5) is 18.3. The molecule has 0 aliphatic heterocycles. The lowest BCUT2D eigenvalue weighted by Gasteiger charge is -2.04. The van der Waals surface area contributed by atoms with E-state index in [0.717, 1.165) is 11.6 Å². The van der Waals surface area contributed by atoms with Gasteiger partial charge in [0.1, 0.15) is 5.75 Å². The Morgan fingerprint density at radius 1 is 1.30 bits per heavy atom. The fourth-order valence-electron chi connectivity index (χ4n) is 1.45. The number of aliphatic carboxylic acids is 1. The Labute approximate surface area is 115 Å². The number of carbonyl (C=O) groups is 1. The van der Waals surface area contributed by atoms with Gasteiger partial charge in [0, 0.05) is 24.0 Å². The lowest BCUT2D eigenvalue weighted by molar-refractivity contribution is -0.131. The van der Waals surface area contributed by atoms with Crippen molar-refractivity contribution in [1.82, 2.24) is 9.97 Å². The van der Waals surface area contributed by atoms with E-state index in [1.54, 1.807) is 24.3 Å². The Balaban J connectivity index is 2.08. The lowest BCUT2D eigenvalue weighted by atomic mass is 10.2. The van der Waals surface area contributed by atoms with Crippen LogP contribution in [0.15, 0.2) is 42.7 Å². The van der Waals surface area contributed by atoms with Crippen LogP contribution in [0.3, 0.4) is 0 Å². The van der Waals surface area contributed by atoms with Gasteiger partial charge in [0.25, 0.3) is 0 Å². The van der Waals surface area contributed by atoms with Crippen LogP contribution in [-0.2, 0) is 11.4 Å². The van der Waals surface area contributed by atoms with Crippen LogP contribution in [0.1, 0.15) is 11.1 Å². The SMILES string of the molecule is O=C(O)/C=C/c1cnc(Oc2cccc(CO)c2)nc1. The van der Waals surface area contributed by atoms with Crippen LogP contribution in [0.5, 0.6) is 11.8 Å². The first kappa shape index (κ1) is 13.7. The highest BCUT2D eigenvalue weighted by Crippen LogP contribution is 2.18. The zero-order valence-electron chi connectivity index (χ0n) is 10.4. The zero-order chi connectivity index (χ0) is 14.4. The van der Waals surface area contributed by atoms with E-state index in [-0.39, 0.29) is 12.6 Å². The van der Waals surface area contributed by atoms with Crippen molar-refractivity contribution >= 4 is 12.0 Å². The monoisotopic (exact) mass is 272 g/mol. The summed E-state index contributed by atoms with van der Waals surface area (Å²) in [6.07, 6.45) is 5.30. The first-order chi connectivity index (χ1) is 9.67. The smallest absolute Gasteiger partial charge is 0.328 e. The van der Waals surface area contributed by atoms with Crippen LogP contribution < -0.4 is 4.74 Å². The van der Waals surface area contributed by atoms with E-state index >= 15 is 0 Å². The highest BCUT2D eigenvalue weighted by atomic mass is 16.5. The van der Waals surface area contributed by atoms with Gasteiger partial charge >= 0.3 is 12.0 Å². The number of ether oxygens (including phenoxy) is 1. The van der Waals surface area contributed by atoms with Gasteiger partial charge in [-0.1, -0.05) is 12.1 Å². The van der Waals surface area contributed by atoms with Gasteiger partial charge in [-0.25, -0.2) is 14.8 Å². The topological polar surface area (TPSA) is 92.5 Å². The van der Waals surface area contributed by atoms with Gasteiger partial charge in [-0.2, -0.15) is 0 Å². The number of aromatic nitrogens is 2. The van der Waals surface area contributed by atoms with E-state index in [1.807, 2.05) is 0 Å². The lowest BCUT2D eigenvalue weighted by Crippen LogP contribution is -1.93. The third kappa shape index (κ3) is 3.89. The Kier molecular flexibility index (Phi) is 4.41. The minimum atomic E-state index is -1.04. The summed E-state index contributed by atoms with van der Waals surface area (Å²) < 4.78 is 5.43. The van der Waals surface area contributed by atoms with Gasteiger partial charge in [0.2, 0.25) is 0 Å². The van der Waals surface area contributed by atoms with Crippen LogP contribution >= 0.6 is 0 Å². The second-order valence-electron chi connectivity index (χ2n) is 3.88. The van der Waals surface area contributed by atoms with E-state index in [0.29, 0.717) is 11.3 Å². The Bertz CT molecular complexity index is 623. The molecule has 2 aromatic rings. The molecule has 0 bridgehead atoms. The first-order valence-corrected chi connectivity index (χ1v) is 5.78. The number of hydrogen-bond acceptors (Lipinski definition) is 5. The largest absolute Gasteiger partial charge is 0.478 e. The van der Waals surface area contributed by atoms with Crippen molar-refractivity contribution in [2.45, 2.75) is 6.61 Å². The van der Waals surface area contributed by atoms with Gasteiger partial charge in [-0.15, -0.1) is 0 Å². The number of nitrogens with zero attached hydrogens (tertiary/aromatic N) is 2. The fourth-order valence-corrected chi connectivity index (χ4v) is 1.45.